The molecule has 0 saturated heterocycles. The third-order valence-electron chi connectivity index (χ3n) is 3.21. The summed E-state index contributed by atoms with van der Waals surface area (Å²) in [6.45, 7) is 1.13. The molecule has 0 aliphatic carbocycles. The first-order valence-corrected chi connectivity index (χ1v) is 6.15. The Labute approximate surface area is 115 Å². The number of benzene rings is 1. The van der Waals surface area contributed by atoms with Gasteiger partial charge in [0.2, 0.25) is 0 Å². The lowest BCUT2D eigenvalue weighted by Crippen LogP contribution is -2.08. The zero-order valence-electron chi connectivity index (χ0n) is 10.3. The lowest BCUT2D eigenvalue weighted by atomic mass is 10.1. The molecule has 0 unspecified atom stereocenters. The van der Waals surface area contributed by atoms with Crippen molar-refractivity contribution in [1.82, 2.24) is 15.1 Å². The van der Waals surface area contributed by atoms with Crippen LogP contribution in [0.15, 0.2) is 18.2 Å². The van der Waals surface area contributed by atoms with E-state index in [0.717, 1.165) is 22.5 Å². The van der Waals surface area contributed by atoms with Crippen LogP contribution in [0.3, 0.4) is 0 Å². The van der Waals surface area contributed by atoms with Gasteiger partial charge < -0.3 is 9.64 Å². The summed E-state index contributed by atoms with van der Waals surface area (Å²) < 4.78 is 5.35. The summed E-state index contributed by atoms with van der Waals surface area (Å²) in [6.07, 6.45) is 2.14. The van der Waals surface area contributed by atoms with Crippen LogP contribution in [-0.2, 0) is 13.1 Å². The summed E-state index contributed by atoms with van der Waals surface area (Å²) >= 11 is 6.04. The summed E-state index contributed by atoms with van der Waals surface area (Å²) in [6, 6.07) is 5.42. The molecule has 0 bridgehead atoms. The van der Waals surface area contributed by atoms with Gasteiger partial charge in [-0.3, -0.25) is 5.10 Å². The number of ether oxygens (including phenoxy) is 1. The number of halogens is 1. The minimum atomic E-state index is 0.563. The van der Waals surface area contributed by atoms with Gasteiger partial charge in [0.05, 0.1) is 25.9 Å². The summed E-state index contributed by atoms with van der Waals surface area (Å²) in [5.41, 5.74) is 3.64. The molecule has 1 aromatic heterocycles. The molecule has 0 saturated carbocycles. The lowest BCUT2D eigenvalue weighted by molar-refractivity contribution is 0.410. The zero-order chi connectivity index (χ0) is 13.4. The maximum absolute atomic E-state index is 8.96. The Hall–Kier alpha value is -2.19. The normalized spacial score (nSPS) is 13.2. The van der Waals surface area contributed by atoms with Crippen molar-refractivity contribution in [2.45, 2.75) is 13.1 Å². The molecule has 96 valence electrons. The van der Waals surface area contributed by atoms with Crippen LogP contribution in [0.2, 0.25) is 5.02 Å². The maximum Gasteiger partial charge on any atom is 0.180 e. The van der Waals surface area contributed by atoms with Crippen LogP contribution in [0, 0.1) is 11.5 Å². The molecular weight excluding hydrogens is 264 g/mol. The Kier molecular flexibility index (Phi) is 2.80. The molecule has 1 aliphatic heterocycles. The van der Waals surface area contributed by atoms with Crippen LogP contribution in [0.5, 0.6) is 5.75 Å². The number of methoxy groups -OCH3 is 1. The second-order valence-corrected chi connectivity index (χ2v) is 4.77. The summed E-state index contributed by atoms with van der Waals surface area (Å²) in [5.74, 6) is 0.717. The standard InChI is InChI=1S/C13H11ClN4O/c1-19-12-3-2-8(14)4-9(12)13-10-5-18(7-15)6-11(10)16-17-13/h2-4H,5-6H2,1H3,(H,16,17). The molecule has 0 fully saturated rings. The zero-order valence-corrected chi connectivity index (χ0v) is 11.0. The van der Waals surface area contributed by atoms with Crippen LogP contribution < -0.4 is 4.74 Å². The number of H-pyrrole nitrogens is 1. The van der Waals surface area contributed by atoms with Gasteiger partial charge in [0.15, 0.2) is 6.19 Å². The number of nitriles is 1. The van der Waals surface area contributed by atoms with Gasteiger partial charge in [-0.25, -0.2) is 0 Å². The van der Waals surface area contributed by atoms with Crippen molar-refractivity contribution < 1.29 is 4.74 Å². The van der Waals surface area contributed by atoms with E-state index in [-0.39, 0.29) is 0 Å². The molecule has 1 aromatic carbocycles. The molecule has 3 rings (SSSR count). The van der Waals surface area contributed by atoms with E-state index in [1.54, 1.807) is 18.1 Å². The Morgan fingerprint density at radius 1 is 1.47 bits per heavy atom. The molecule has 2 aromatic rings. The first-order valence-electron chi connectivity index (χ1n) is 5.77. The molecule has 0 atom stereocenters. The van der Waals surface area contributed by atoms with Crippen LogP contribution in [0.1, 0.15) is 11.3 Å². The second kappa shape index (κ2) is 4.48. The van der Waals surface area contributed by atoms with Gasteiger partial charge in [-0.2, -0.15) is 10.4 Å². The van der Waals surface area contributed by atoms with Gasteiger partial charge in [0.25, 0.3) is 0 Å². The molecule has 2 heterocycles. The molecule has 5 nitrogen and oxygen atoms in total. The maximum atomic E-state index is 8.96. The third kappa shape index (κ3) is 1.90. The number of aromatic amines is 1. The number of nitrogens with zero attached hydrogens (tertiary/aromatic N) is 3. The quantitative estimate of drug-likeness (QED) is 0.855. The molecule has 19 heavy (non-hydrogen) atoms. The first-order chi connectivity index (χ1) is 9.22. The van der Waals surface area contributed by atoms with Crippen LogP contribution in [-0.4, -0.2) is 22.2 Å². The van der Waals surface area contributed by atoms with Gasteiger partial charge in [0, 0.05) is 16.1 Å². The Balaban J connectivity index is 2.10. The fourth-order valence-corrected chi connectivity index (χ4v) is 2.47. The fraction of sp³-hybridized carbons (Fsp3) is 0.231. The SMILES string of the molecule is COc1ccc(Cl)cc1-c1n[nH]c2c1CN(C#N)C2. The van der Waals surface area contributed by atoms with Crippen LogP contribution in [0.25, 0.3) is 11.3 Å². The predicted octanol–water partition coefficient (Wildman–Crippen LogP) is 2.54. The second-order valence-electron chi connectivity index (χ2n) is 4.33. The van der Waals surface area contributed by atoms with E-state index in [1.807, 2.05) is 12.1 Å². The molecule has 0 spiro atoms. The Morgan fingerprint density at radius 3 is 3.05 bits per heavy atom. The highest BCUT2D eigenvalue weighted by atomic mass is 35.5. The van der Waals surface area contributed by atoms with Crippen molar-refractivity contribution in [1.29, 1.82) is 5.26 Å². The van der Waals surface area contributed by atoms with Crippen molar-refractivity contribution in [3.8, 4) is 23.2 Å². The van der Waals surface area contributed by atoms with Gasteiger partial charge in [-0.15, -0.1) is 0 Å². The summed E-state index contributed by atoms with van der Waals surface area (Å²) in [5, 5.41) is 16.9. The molecule has 0 radical (unpaired) electrons. The van der Waals surface area contributed by atoms with Gasteiger partial charge in [-0.05, 0) is 18.2 Å². The van der Waals surface area contributed by atoms with Crippen LogP contribution >= 0.6 is 11.6 Å². The van der Waals surface area contributed by atoms with E-state index in [9.17, 15) is 0 Å². The number of aromatic nitrogens is 2. The molecule has 0 amide bonds. The number of nitrogens with one attached hydrogen (secondary N) is 1. The van der Waals surface area contributed by atoms with E-state index < -0.39 is 0 Å². The average molecular weight is 275 g/mol. The smallest absolute Gasteiger partial charge is 0.180 e. The van der Waals surface area contributed by atoms with E-state index in [0.29, 0.717) is 23.9 Å². The molecule has 1 N–H and O–H groups in total. The molecular formula is C13H11ClN4O. The third-order valence-corrected chi connectivity index (χ3v) is 3.44. The molecule has 1 aliphatic rings. The Bertz CT molecular complexity index is 674. The van der Waals surface area contributed by atoms with E-state index in [2.05, 4.69) is 16.4 Å². The number of hydrogen-bond donors (Lipinski definition) is 1. The van der Waals surface area contributed by atoms with Crippen molar-refractivity contribution in [2.75, 3.05) is 7.11 Å². The minimum Gasteiger partial charge on any atom is -0.496 e. The average Bonchev–Trinajstić information content (AvgIpc) is 2.97. The highest BCUT2D eigenvalue weighted by Gasteiger charge is 2.26. The van der Waals surface area contributed by atoms with Crippen molar-refractivity contribution in [3.63, 3.8) is 0 Å². The highest BCUT2D eigenvalue weighted by Crippen LogP contribution is 2.36. The monoisotopic (exact) mass is 274 g/mol. The van der Waals surface area contributed by atoms with E-state index in [4.69, 9.17) is 21.6 Å². The predicted molar refractivity (Wildman–Crippen MR) is 70.4 cm³/mol. The van der Waals surface area contributed by atoms with Gasteiger partial charge >= 0.3 is 0 Å². The summed E-state index contributed by atoms with van der Waals surface area (Å²) in [7, 11) is 1.61. The first kappa shape index (κ1) is 11.9. The molecule has 6 heteroatoms. The van der Waals surface area contributed by atoms with Gasteiger partial charge in [0.1, 0.15) is 11.4 Å². The lowest BCUT2D eigenvalue weighted by Gasteiger charge is -2.09. The van der Waals surface area contributed by atoms with Gasteiger partial charge in [-0.1, -0.05) is 11.6 Å². The minimum absolute atomic E-state index is 0.563. The van der Waals surface area contributed by atoms with Crippen LogP contribution in [0.4, 0.5) is 0 Å². The van der Waals surface area contributed by atoms with Crippen molar-refractivity contribution in [2.24, 2.45) is 0 Å². The largest absolute Gasteiger partial charge is 0.496 e. The topological polar surface area (TPSA) is 64.9 Å². The van der Waals surface area contributed by atoms with E-state index in [1.165, 1.54) is 0 Å². The Morgan fingerprint density at radius 2 is 2.32 bits per heavy atom. The van der Waals surface area contributed by atoms with E-state index >= 15 is 0 Å². The summed E-state index contributed by atoms with van der Waals surface area (Å²) in [4.78, 5) is 1.67. The number of fused-ring (bicyclic) bond motifs is 1. The van der Waals surface area contributed by atoms with Crippen molar-refractivity contribution >= 4 is 11.6 Å². The highest BCUT2D eigenvalue weighted by molar-refractivity contribution is 6.31. The number of rotatable bonds is 2. The number of hydrogen-bond acceptors (Lipinski definition) is 4. The van der Waals surface area contributed by atoms with Crippen molar-refractivity contribution in [3.05, 3.63) is 34.5 Å². The fourth-order valence-electron chi connectivity index (χ4n) is 2.30.